The van der Waals surface area contributed by atoms with Crippen molar-refractivity contribution in [1.82, 2.24) is 9.55 Å². The van der Waals surface area contributed by atoms with Crippen molar-refractivity contribution in [2.45, 2.75) is 33.2 Å². The van der Waals surface area contributed by atoms with Gasteiger partial charge in [-0.25, -0.2) is 4.98 Å². The Morgan fingerprint density at radius 2 is 1.96 bits per heavy atom. The summed E-state index contributed by atoms with van der Waals surface area (Å²) >= 11 is 0. The van der Waals surface area contributed by atoms with Gasteiger partial charge in [0.2, 0.25) is 5.91 Å². The maximum Gasteiger partial charge on any atom is 0.255 e. The van der Waals surface area contributed by atoms with Gasteiger partial charge in [0.15, 0.2) is 0 Å². The molecular weight excluding hydrogens is 340 g/mol. The molecule has 2 heterocycles. The number of carbonyl (C=O) groups is 2. The third-order valence-electron chi connectivity index (χ3n) is 5.03. The Kier molecular flexibility index (Phi) is 4.39. The standard InChI is InChI=1S/C21H22N4O2/c1-3-24-14(2)22-18-13-15(6-11-19(18)24)21(27)23-16-7-9-17(10-8-16)25-12-4-5-20(25)26/h6-11,13H,3-5,12H2,1-2H3,(H,23,27). The molecule has 1 aliphatic rings. The minimum absolute atomic E-state index is 0.155. The lowest BCUT2D eigenvalue weighted by molar-refractivity contribution is -0.117. The molecule has 1 aliphatic heterocycles. The topological polar surface area (TPSA) is 67.2 Å². The number of fused-ring (bicyclic) bond motifs is 1. The molecule has 1 fully saturated rings. The van der Waals surface area contributed by atoms with E-state index in [0.29, 0.717) is 17.7 Å². The average molecular weight is 362 g/mol. The Hall–Kier alpha value is -3.15. The van der Waals surface area contributed by atoms with E-state index in [1.807, 2.05) is 49.4 Å². The quantitative estimate of drug-likeness (QED) is 0.769. The molecular formula is C21H22N4O2. The number of hydrogen-bond donors (Lipinski definition) is 1. The molecule has 1 saturated heterocycles. The van der Waals surface area contributed by atoms with Crippen LogP contribution in [0.25, 0.3) is 11.0 Å². The van der Waals surface area contributed by atoms with Crippen molar-refractivity contribution >= 4 is 34.2 Å². The number of benzene rings is 2. The number of hydrogen-bond acceptors (Lipinski definition) is 3. The molecule has 0 bridgehead atoms. The molecule has 4 rings (SSSR count). The highest BCUT2D eigenvalue weighted by atomic mass is 16.2. The summed E-state index contributed by atoms with van der Waals surface area (Å²) in [6, 6.07) is 13.0. The van der Waals surface area contributed by atoms with Crippen LogP contribution < -0.4 is 10.2 Å². The van der Waals surface area contributed by atoms with Crippen molar-refractivity contribution in [2.75, 3.05) is 16.8 Å². The fraction of sp³-hybridized carbons (Fsp3) is 0.286. The fourth-order valence-corrected chi connectivity index (χ4v) is 3.64. The van der Waals surface area contributed by atoms with Gasteiger partial charge in [0, 0.05) is 36.4 Å². The second-order valence-corrected chi connectivity index (χ2v) is 6.76. The molecule has 0 spiro atoms. The van der Waals surface area contributed by atoms with Crippen LogP contribution in [0.3, 0.4) is 0 Å². The number of aryl methyl sites for hydroxylation is 2. The van der Waals surface area contributed by atoms with E-state index in [4.69, 9.17) is 0 Å². The van der Waals surface area contributed by atoms with Gasteiger partial charge in [-0.05, 0) is 62.7 Å². The number of amides is 2. The van der Waals surface area contributed by atoms with Gasteiger partial charge in [0.05, 0.1) is 11.0 Å². The molecule has 0 radical (unpaired) electrons. The maximum atomic E-state index is 12.6. The number of carbonyl (C=O) groups excluding carboxylic acids is 2. The third kappa shape index (κ3) is 3.18. The van der Waals surface area contributed by atoms with Gasteiger partial charge < -0.3 is 14.8 Å². The molecule has 0 unspecified atom stereocenters. The van der Waals surface area contributed by atoms with Crippen LogP contribution in [0.15, 0.2) is 42.5 Å². The van der Waals surface area contributed by atoms with Gasteiger partial charge in [-0.3, -0.25) is 9.59 Å². The molecule has 138 valence electrons. The summed E-state index contributed by atoms with van der Waals surface area (Å²) < 4.78 is 2.12. The highest BCUT2D eigenvalue weighted by molar-refractivity contribution is 6.06. The Morgan fingerprint density at radius 3 is 2.63 bits per heavy atom. The number of rotatable bonds is 4. The molecule has 6 nitrogen and oxygen atoms in total. The van der Waals surface area contributed by atoms with E-state index in [1.54, 1.807) is 4.90 Å². The monoisotopic (exact) mass is 362 g/mol. The zero-order valence-electron chi connectivity index (χ0n) is 15.5. The van der Waals surface area contributed by atoms with Crippen molar-refractivity contribution in [1.29, 1.82) is 0 Å². The molecule has 2 amide bonds. The van der Waals surface area contributed by atoms with Crippen molar-refractivity contribution < 1.29 is 9.59 Å². The molecule has 1 N–H and O–H groups in total. The first-order chi connectivity index (χ1) is 13.1. The predicted octanol–water partition coefficient (Wildman–Crippen LogP) is 3.74. The van der Waals surface area contributed by atoms with Crippen molar-refractivity contribution in [3.8, 4) is 0 Å². The van der Waals surface area contributed by atoms with Crippen molar-refractivity contribution in [3.05, 3.63) is 53.9 Å². The molecule has 3 aromatic rings. The minimum Gasteiger partial charge on any atom is -0.329 e. The third-order valence-corrected chi connectivity index (χ3v) is 5.03. The lowest BCUT2D eigenvalue weighted by Crippen LogP contribution is -2.23. The number of anilines is 2. The molecule has 6 heteroatoms. The largest absolute Gasteiger partial charge is 0.329 e. The number of nitrogens with one attached hydrogen (secondary N) is 1. The van der Waals surface area contributed by atoms with E-state index in [1.165, 1.54) is 0 Å². The van der Waals surface area contributed by atoms with Crippen LogP contribution in [0.1, 0.15) is 35.9 Å². The van der Waals surface area contributed by atoms with E-state index in [0.717, 1.165) is 42.1 Å². The summed E-state index contributed by atoms with van der Waals surface area (Å²) in [6.07, 6.45) is 1.50. The Bertz CT molecular complexity index is 1020. The first-order valence-electron chi connectivity index (χ1n) is 9.25. The second-order valence-electron chi connectivity index (χ2n) is 6.76. The highest BCUT2D eigenvalue weighted by Crippen LogP contribution is 2.24. The smallest absolute Gasteiger partial charge is 0.255 e. The van der Waals surface area contributed by atoms with Crippen LogP contribution in [0.4, 0.5) is 11.4 Å². The zero-order chi connectivity index (χ0) is 19.0. The Labute approximate surface area is 157 Å². The van der Waals surface area contributed by atoms with Gasteiger partial charge in [0.25, 0.3) is 5.91 Å². The highest BCUT2D eigenvalue weighted by Gasteiger charge is 2.21. The Balaban J connectivity index is 1.52. The normalized spacial score (nSPS) is 14.1. The van der Waals surface area contributed by atoms with Crippen molar-refractivity contribution in [3.63, 3.8) is 0 Å². The number of aromatic nitrogens is 2. The average Bonchev–Trinajstić information content (AvgIpc) is 3.23. The molecule has 0 atom stereocenters. The number of nitrogens with zero attached hydrogens (tertiary/aromatic N) is 3. The van der Waals surface area contributed by atoms with Crippen LogP contribution >= 0.6 is 0 Å². The summed E-state index contributed by atoms with van der Waals surface area (Å²) in [4.78, 5) is 30.8. The van der Waals surface area contributed by atoms with Crippen LogP contribution in [0, 0.1) is 6.92 Å². The van der Waals surface area contributed by atoms with E-state index < -0.39 is 0 Å². The summed E-state index contributed by atoms with van der Waals surface area (Å²) in [5, 5.41) is 2.91. The predicted molar refractivity (Wildman–Crippen MR) is 106 cm³/mol. The minimum atomic E-state index is -0.175. The maximum absolute atomic E-state index is 12.6. The number of imidazole rings is 1. The molecule has 1 aromatic heterocycles. The van der Waals surface area contributed by atoms with E-state index >= 15 is 0 Å². The molecule has 0 saturated carbocycles. The van der Waals surface area contributed by atoms with Gasteiger partial charge in [0.1, 0.15) is 5.82 Å². The SMILES string of the molecule is CCn1c(C)nc2cc(C(=O)Nc3ccc(N4CCCC4=O)cc3)ccc21. The van der Waals surface area contributed by atoms with Crippen LogP contribution in [0.5, 0.6) is 0 Å². The van der Waals surface area contributed by atoms with Crippen LogP contribution in [-0.4, -0.2) is 27.9 Å². The lowest BCUT2D eigenvalue weighted by atomic mass is 10.1. The van der Waals surface area contributed by atoms with Crippen LogP contribution in [0.2, 0.25) is 0 Å². The molecule has 2 aromatic carbocycles. The first kappa shape index (κ1) is 17.3. The molecule has 27 heavy (non-hydrogen) atoms. The Morgan fingerprint density at radius 1 is 1.19 bits per heavy atom. The summed E-state index contributed by atoms with van der Waals surface area (Å²) in [7, 11) is 0. The van der Waals surface area contributed by atoms with Crippen LogP contribution in [-0.2, 0) is 11.3 Å². The summed E-state index contributed by atoms with van der Waals surface area (Å²) in [5.74, 6) is 0.921. The fourth-order valence-electron chi connectivity index (χ4n) is 3.64. The lowest BCUT2D eigenvalue weighted by Gasteiger charge is -2.16. The van der Waals surface area contributed by atoms with Crippen molar-refractivity contribution in [2.24, 2.45) is 0 Å². The second kappa shape index (κ2) is 6.87. The van der Waals surface area contributed by atoms with Gasteiger partial charge in [-0.1, -0.05) is 0 Å². The van der Waals surface area contributed by atoms with Gasteiger partial charge in [-0.2, -0.15) is 0 Å². The zero-order valence-corrected chi connectivity index (χ0v) is 15.5. The first-order valence-corrected chi connectivity index (χ1v) is 9.25. The van der Waals surface area contributed by atoms with E-state index in [2.05, 4.69) is 21.8 Å². The van der Waals surface area contributed by atoms with E-state index in [-0.39, 0.29) is 11.8 Å². The van der Waals surface area contributed by atoms with Gasteiger partial charge in [-0.15, -0.1) is 0 Å². The summed E-state index contributed by atoms with van der Waals surface area (Å²) in [6.45, 7) is 5.65. The molecule has 0 aliphatic carbocycles. The summed E-state index contributed by atoms with van der Waals surface area (Å²) in [5.41, 5.74) is 4.00. The van der Waals surface area contributed by atoms with E-state index in [9.17, 15) is 9.59 Å². The van der Waals surface area contributed by atoms with Gasteiger partial charge >= 0.3 is 0 Å².